The van der Waals surface area contributed by atoms with Gasteiger partial charge in [-0.2, -0.15) is 5.10 Å². The second-order valence-electron chi connectivity index (χ2n) is 6.92. The number of hydrogen-bond donors (Lipinski definition) is 1. The SMILES string of the molecule is CNCC1CCC(C)(C)CC1c1c(Br)cnn1CCOC. The molecular weight excluding hydrogens is 330 g/mol. The normalized spacial score (nSPS) is 25.2. The van der Waals surface area contributed by atoms with Gasteiger partial charge in [-0.15, -0.1) is 0 Å². The molecule has 2 rings (SSSR count). The van der Waals surface area contributed by atoms with Gasteiger partial charge in [0.05, 0.1) is 29.5 Å². The summed E-state index contributed by atoms with van der Waals surface area (Å²) >= 11 is 3.72. The van der Waals surface area contributed by atoms with E-state index in [1.165, 1.54) is 25.0 Å². The highest BCUT2D eigenvalue weighted by molar-refractivity contribution is 9.10. The Kier molecular flexibility index (Phi) is 5.86. The smallest absolute Gasteiger partial charge is 0.0658 e. The third-order valence-electron chi connectivity index (χ3n) is 4.69. The van der Waals surface area contributed by atoms with Gasteiger partial charge in [0.15, 0.2) is 0 Å². The number of aromatic nitrogens is 2. The molecule has 2 atom stereocenters. The van der Waals surface area contributed by atoms with E-state index in [9.17, 15) is 0 Å². The molecule has 0 saturated heterocycles. The largest absolute Gasteiger partial charge is 0.383 e. The summed E-state index contributed by atoms with van der Waals surface area (Å²) in [5.41, 5.74) is 1.75. The summed E-state index contributed by atoms with van der Waals surface area (Å²) in [7, 11) is 3.79. The van der Waals surface area contributed by atoms with E-state index >= 15 is 0 Å². The molecule has 4 nitrogen and oxygen atoms in total. The molecule has 2 unspecified atom stereocenters. The van der Waals surface area contributed by atoms with Gasteiger partial charge in [-0.3, -0.25) is 4.68 Å². The molecule has 0 aliphatic heterocycles. The number of halogens is 1. The molecule has 1 aromatic heterocycles. The van der Waals surface area contributed by atoms with Crippen LogP contribution in [0.15, 0.2) is 10.7 Å². The van der Waals surface area contributed by atoms with Crippen molar-refractivity contribution in [1.82, 2.24) is 15.1 Å². The number of nitrogens with one attached hydrogen (secondary N) is 1. The van der Waals surface area contributed by atoms with Gasteiger partial charge < -0.3 is 10.1 Å². The van der Waals surface area contributed by atoms with Crippen molar-refractivity contribution in [3.05, 3.63) is 16.4 Å². The molecule has 1 N–H and O–H groups in total. The second-order valence-corrected chi connectivity index (χ2v) is 7.78. The van der Waals surface area contributed by atoms with Crippen LogP contribution in [0.5, 0.6) is 0 Å². The van der Waals surface area contributed by atoms with Crippen LogP contribution in [0.4, 0.5) is 0 Å². The Morgan fingerprint density at radius 1 is 1.52 bits per heavy atom. The molecule has 0 radical (unpaired) electrons. The first kappa shape index (κ1) is 17.0. The Bertz CT molecular complexity index is 458. The van der Waals surface area contributed by atoms with Crippen LogP contribution in [-0.4, -0.2) is 37.1 Å². The predicted octanol–water partition coefficient (Wildman–Crippen LogP) is 3.42. The van der Waals surface area contributed by atoms with E-state index in [1.54, 1.807) is 7.11 Å². The Hall–Kier alpha value is -0.390. The summed E-state index contributed by atoms with van der Waals surface area (Å²) in [6.45, 7) is 7.37. The molecule has 1 aromatic rings. The van der Waals surface area contributed by atoms with Gasteiger partial charge in [0, 0.05) is 13.0 Å². The first-order valence-electron chi connectivity index (χ1n) is 7.83. The highest BCUT2D eigenvalue weighted by Gasteiger charge is 2.37. The minimum Gasteiger partial charge on any atom is -0.383 e. The zero-order valence-electron chi connectivity index (χ0n) is 13.7. The van der Waals surface area contributed by atoms with Gasteiger partial charge in [-0.25, -0.2) is 0 Å². The molecule has 120 valence electrons. The molecule has 5 heteroatoms. The molecule has 0 spiro atoms. The predicted molar refractivity (Wildman–Crippen MR) is 89.6 cm³/mol. The van der Waals surface area contributed by atoms with Crippen molar-refractivity contribution in [2.75, 3.05) is 27.3 Å². The number of methoxy groups -OCH3 is 1. The van der Waals surface area contributed by atoms with E-state index in [2.05, 4.69) is 44.9 Å². The fourth-order valence-corrected chi connectivity index (χ4v) is 4.15. The van der Waals surface area contributed by atoms with Gasteiger partial charge in [0.25, 0.3) is 0 Å². The van der Waals surface area contributed by atoms with Crippen LogP contribution in [0.1, 0.15) is 44.7 Å². The lowest BCUT2D eigenvalue weighted by molar-refractivity contribution is 0.149. The zero-order valence-corrected chi connectivity index (χ0v) is 15.2. The molecule has 1 aliphatic rings. The first-order valence-corrected chi connectivity index (χ1v) is 8.62. The van der Waals surface area contributed by atoms with Crippen LogP contribution in [0.25, 0.3) is 0 Å². The van der Waals surface area contributed by atoms with Crippen LogP contribution in [0.2, 0.25) is 0 Å². The quantitative estimate of drug-likeness (QED) is 0.847. The van der Waals surface area contributed by atoms with Gasteiger partial charge in [0.2, 0.25) is 0 Å². The van der Waals surface area contributed by atoms with Crippen LogP contribution in [0, 0.1) is 11.3 Å². The van der Waals surface area contributed by atoms with Crippen molar-refractivity contribution in [3.8, 4) is 0 Å². The van der Waals surface area contributed by atoms with Gasteiger partial charge in [-0.05, 0) is 60.1 Å². The fraction of sp³-hybridized carbons (Fsp3) is 0.812. The molecule has 1 heterocycles. The average molecular weight is 358 g/mol. The first-order chi connectivity index (χ1) is 9.98. The Balaban J connectivity index is 2.28. The third kappa shape index (κ3) is 4.08. The van der Waals surface area contributed by atoms with E-state index in [0.29, 0.717) is 23.9 Å². The summed E-state index contributed by atoms with van der Waals surface area (Å²) in [6, 6.07) is 0. The highest BCUT2D eigenvalue weighted by atomic mass is 79.9. The maximum absolute atomic E-state index is 5.22. The number of rotatable bonds is 6. The van der Waals surface area contributed by atoms with Crippen molar-refractivity contribution in [2.24, 2.45) is 11.3 Å². The lowest BCUT2D eigenvalue weighted by atomic mass is 9.66. The molecular formula is C16H28BrN3O. The standard InChI is InChI=1S/C16H28BrN3O/c1-16(2)6-5-12(10-18-3)13(9-16)15-14(17)11-19-20(15)7-8-21-4/h11-13,18H,5-10H2,1-4H3. The fourth-order valence-electron chi connectivity index (χ4n) is 3.56. The maximum Gasteiger partial charge on any atom is 0.0658 e. The molecule has 0 bridgehead atoms. The second kappa shape index (κ2) is 7.25. The number of nitrogens with zero attached hydrogens (tertiary/aromatic N) is 2. The molecule has 0 amide bonds. The summed E-state index contributed by atoms with van der Waals surface area (Å²) < 4.78 is 8.49. The van der Waals surface area contributed by atoms with Gasteiger partial charge >= 0.3 is 0 Å². The zero-order chi connectivity index (χ0) is 15.5. The van der Waals surface area contributed by atoms with Crippen LogP contribution >= 0.6 is 15.9 Å². The van der Waals surface area contributed by atoms with Gasteiger partial charge in [-0.1, -0.05) is 13.8 Å². The highest BCUT2D eigenvalue weighted by Crippen LogP contribution is 2.47. The van der Waals surface area contributed by atoms with E-state index in [-0.39, 0.29) is 0 Å². The summed E-state index contributed by atoms with van der Waals surface area (Å²) in [5.74, 6) is 1.23. The van der Waals surface area contributed by atoms with Crippen LogP contribution in [0.3, 0.4) is 0 Å². The summed E-state index contributed by atoms with van der Waals surface area (Å²) in [4.78, 5) is 0. The van der Waals surface area contributed by atoms with Crippen molar-refractivity contribution >= 4 is 15.9 Å². The number of hydrogen-bond acceptors (Lipinski definition) is 3. The van der Waals surface area contributed by atoms with E-state index in [1.807, 2.05) is 13.2 Å². The van der Waals surface area contributed by atoms with Crippen LogP contribution < -0.4 is 5.32 Å². The molecule has 1 saturated carbocycles. The average Bonchev–Trinajstić information content (AvgIpc) is 2.79. The minimum atomic E-state index is 0.407. The lowest BCUT2D eigenvalue weighted by Crippen LogP contribution is -2.35. The van der Waals surface area contributed by atoms with E-state index < -0.39 is 0 Å². The topological polar surface area (TPSA) is 39.1 Å². The minimum absolute atomic E-state index is 0.407. The molecule has 0 aromatic carbocycles. The monoisotopic (exact) mass is 357 g/mol. The Morgan fingerprint density at radius 3 is 2.95 bits per heavy atom. The number of ether oxygens (including phenoxy) is 1. The molecule has 21 heavy (non-hydrogen) atoms. The van der Waals surface area contributed by atoms with Crippen molar-refractivity contribution < 1.29 is 4.74 Å². The Labute approximate surface area is 136 Å². The summed E-state index contributed by atoms with van der Waals surface area (Å²) in [6.07, 6.45) is 5.74. The molecule has 1 aliphatic carbocycles. The Morgan fingerprint density at radius 2 is 2.29 bits per heavy atom. The third-order valence-corrected chi connectivity index (χ3v) is 5.30. The van der Waals surface area contributed by atoms with Crippen LogP contribution in [-0.2, 0) is 11.3 Å². The summed E-state index contributed by atoms with van der Waals surface area (Å²) in [5, 5.41) is 7.91. The van der Waals surface area contributed by atoms with E-state index in [4.69, 9.17) is 4.74 Å². The van der Waals surface area contributed by atoms with Crippen molar-refractivity contribution in [2.45, 2.75) is 45.6 Å². The van der Waals surface area contributed by atoms with Gasteiger partial charge in [0.1, 0.15) is 0 Å². The molecule has 1 fully saturated rings. The maximum atomic E-state index is 5.22. The van der Waals surface area contributed by atoms with Crippen molar-refractivity contribution in [1.29, 1.82) is 0 Å². The van der Waals surface area contributed by atoms with E-state index in [0.717, 1.165) is 17.6 Å². The van der Waals surface area contributed by atoms with Crippen molar-refractivity contribution in [3.63, 3.8) is 0 Å². The lowest BCUT2D eigenvalue weighted by Gasteiger charge is -2.41.